The van der Waals surface area contributed by atoms with Gasteiger partial charge >= 0.3 is 5.97 Å². The van der Waals surface area contributed by atoms with E-state index in [-0.39, 0.29) is 5.97 Å². The van der Waals surface area contributed by atoms with Gasteiger partial charge < -0.3 is 14.5 Å². The summed E-state index contributed by atoms with van der Waals surface area (Å²) in [6.07, 6.45) is 5.69. The van der Waals surface area contributed by atoms with Crippen molar-refractivity contribution in [3.8, 4) is 0 Å². The fourth-order valence-electron chi connectivity index (χ4n) is 3.17. The van der Waals surface area contributed by atoms with E-state index in [0.29, 0.717) is 12.1 Å². The number of rotatable bonds is 7. The van der Waals surface area contributed by atoms with E-state index in [1.54, 1.807) is 0 Å². The molecule has 2 unspecified atom stereocenters. The lowest BCUT2D eigenvalue weighted by molar-refractivity contribution is -0.148. The zero-order valence-electron chi connectivity index (χ0n) is 14.0. The Labute approximate surface area is 129 Å². The predicted octanol–water partition coefficient (Wildman–Crippen LogP) is 1.09. The van der Waals surface area contributed by atoms with Gasteiger partial charge in [0.05, 0.1) is 7.11 Å². The van der Waals surface area contributed by atoms with Crippen molar-refractivity contribution in [2.24, 2.45) is 0 Å². The standard InChI is InChI=1S/C16H31N3O2/c1-16(15(20)21-4,17-13-7-8-13)9-11-19-10-5-6-14(12-19)18(2)3/h13-14,17H,5-12H2,1-4H3. The molecule has 1 N–H and O–H groups in total. The number of esters is 1. The number of carbonyl (C=O) groups is 1. The smallest absolute Gasteiger partial charge is 0.325 e. The SMILES string of the molecule is COC(=O)C(C)(CCN1CCCC(N(C)C)C1)NC1CC1. The van der Waals surface area contributed by atoms with E-state index < -0.39 is 5.54 Å². The van der Waals surface area contributed by atoms with Crippen LogP contribution in [0.3, 0.4) is 0 Å². The maximum atomic E-state index is 12.1. The molecule has 0 spiro atoms. The lowest BCUT2D eigenvalue weighted by Crippen LogP contribution is -2.54. The topological polar surface area (TPSA) is 44.8 Å². The summed E-state index contributed by atoms with van der Waals surface area (Å²) in [5, 5.41) is 3.48. The van der Waals surface area contributed by atoms with Gasteiger partial charge in [0.1, 0.15) is 5.54 Å². The Morgan fingerprint density at radius 3 is 2.67 bits per heavy atom. The number of piperidine rings is 1. The van der Waals surface area contributed by atoms with Gasteiger partial charge in [-0.15, -0.1) is 0 Å². The quantitative estimate of drug-likeness (QED) is 0.713. The number of ether oxygens (including phenoxy) is 1. The fourth-order valence-corrected chi connectivity index (χ4v) is 3.17. The summed E-state index contributed by atoms with van der Waals surface area (Å²) in [6.45, 7) is 5.19. The predicted molar refractivity (Wildman–Crippen MR) is 84.3 cm³/mol. The van der Waals surface area contributed by atoms with E-state index >= 15 is 0 Å². The number of hydrogen-bond donors (Lipinski definition) is 1. The largest absolute Gasteiger partial charge is 0.468 e. The molecule has 5 heteroatoms. The average Bonchev–Trinajstić information content (AvgIpc) is 3.28. The highest BCUT2D eigenvalue weighted by atomic mass is 16.5. The lowest BCUT2D eigenvalue weighted by Gasteiger charge is -2.38. The van der Waals surface area contributed by atoms with Gasteiger partial charge in [0.2, 0.25) is 0 Å². The van der Waals surface area contributed by atoms with Gasteiger partial charge in [0, 0.05) is 25.2 Å². The molecule has 1 saturated carbocycles. The second-order valence-electron chi connectivity index (χ2n) is 7.05. The van der Waals surface area contributed by atoms with Crippen LogP contribution in [-0.4, -0.2) is 74.2 Å². The number of hydrogen-bond acceptors (Lipinski definition) is 5. The third kappa shape index (κ3) is 4.66. The summed E-state index contributed by atoms with van der Waals surface area (Å²) in [5.41, 5.74) is -0.541. The Hall–Kier alpha value is -0.650. The first kappa shape index (κ1) is 16.7. The highest BCUT2D eigenvalue weighted by Crippen LogP contribution is 2.25. The molecule has 0 aromatic heterocycles. The monoisotopic (exact) mass is 297 g/mol. The van der Waals surface area contributed by atoms with Gasteiger partial charge in [0.25, 0.3) is 0 Å². The Bertz CT molecular complexity index is 357. The van der Waals surface area contributed by atoms with Crippen LogP contribution >= 0.6 is 0 Å². The molecule has 0 aromatic rings. The molecule has 2 atom stereocenters. The molecule has 1 aliphatic heterocycles. The van der Waals surface area contributed by atoms with Crippen LogP contribution in [0.2, 0.25) is 0 Å². The normalized spacial score (nSPS) is 26.6. The van der Waals surface area contributed by atoms with E-state index in [1.165, 1.54) is 32.8 Å². The van der Waals surface area contributed by atoms with Crippen LogP contribution in [0.15, 0.2) is 0 Å². The molecular weight excluding hydrogens is 266 g/mol. The highest BCUT2D eigenvalue weighted by Gasteiger charge is 2.39. The molecule has 5 nitrogen and oxygen atoms in total. The van der Waals surface area contributed by atoms with E-state index in [4.69, 9.17) is 4.74 Å². The van der Waals surface area contributed by atoms with E-state index in [2.05, 4.69) is 29.2 Å². The van der Waals surface area contributed by atoms with Crippen LogP contribution in [0.25, 0.3) is 0 Å². The minimum absolute atomic E-state index is 0.129. The van der Waals surface area contributed by atoms with Crippen molar-refractivity contribution in [1.29, 1.82) is 0 Å². The van der Waals surface area contributed by atoms with Gasteiger partial charge in [0.15, 0.2) is 0 Å². The van der Waals surface area contributed by atoms with Crippen molar-refractivity contribution in [3.05, 3.63) is 0 Å². The molecule has 0 radical (unpaired) electrons. The van der Waals surface area contributed by atoms with Gasteiger partial charge in [-0.3, -0.25) is 10.1 Å². The van der Waals surface area contributed by atoms with Crippen LogP contribution < -0.4 is 5.32 Å². The summed E-state index contributed by atoms with van der Waals surface area (Å²) in [7, 11) is 5.79. The zero-order valence-corrected chi connectivity index (χ0v) is 14.0. The molecule has 0 bridgehead atoms. The van der Waals surface area contributed by atoms with Crippen LogP contribution in [-0.2, 0) is 9.53 Å². The molecule has 2 rings (SSSR count). The van der Waals surface area contributed by atoms with Crippen molar-refractivity contribution in [1.82, 2.24) is 15.1 Å². The van der Waals surface area contributed by atoms with Crippen LogP contribution in [0.4, 0.5) is 0 Å². The molecule has 122 valence electrons. The molecule has 1 heterocycles. The minimum Gasteiger partial charge on any atom is -0.468 e. The maximum absolute atomic E-state index is 12.1. The summed E-state index contributed by atoms with van der Waals surface area (Å²) in [6, 6.07) is 1.14. The average molecular weight is 297 g/mol. The Morgan fingerprint density at radius 2 is 2.10 bits per heavy atom. The summed E-state index contributed by atoms with van der Waals surface area (Å²) >= 11 is 0. The van der Waals surface area contributed by atoms with Crippen molar-refractivity contribution in [3.63, 3.8) is 0 Å². The Kier molecular flexibility index (Phi) is 5.63. The number of methoxy groups -OCH3 is 1. The molecule has 2 aliphatic rings. The van der Waals surface area contributed by atoms with Gasteiger partial charge in [-0.2, -0.15) is 0 Å². The second-order valence-corrected chi connectivity index (χ2v) is 7.05. The Morgan fingerprint density at radius 1 is 1.38 bits per heavy atom. The van der Waals surface area contributed by atoms with Crippen LogP contribution in [0, 0.1) is 0 Å². The first-order valence-electron chi connectivity index (χ1n) is 8.19. The summed E-state index contributed by atoms with van der Waals surface area (Å²) in [5.74, 6) is -0.129. The summed E-state index contributed by atoms with van der Waals surface area (Å²) < 4.78 is 5.02. The van der Waals surface area contributed by atoms with Gasteiger partial charge in [-0.25, -0.2) is 0 Å². The van der Waals surface area contributed by atoms with Crippen molar-refractivity contribution in [2.75, 3.05) is 40.8 Å². The van der Waals surface area contributed by atoms with Crippen molar-refractivity contribution in [2.45, 2.75) is 56.7 Å². The number of likely N-dealkylation sites (tertiary alicyclic amines) is 1. The van der Waals surface area contributed by atoms with E-state index in [9.17, 15) is 4.79 Å². The second kappa shape index (κ2) is 7.07. The molecule has 1 aliphatic carbocycles. The Balaban J connectivity index is 1.87. The summed E-state index contributed by atoms with van der Waals surface area (Å²) in [4.78, 5) is 16.9. The first-order valence-corrected chi connectivity index (χ1v) is 8.19. The van der Waals surface area contributed by atoms with E-state index in [0.717, 1.165) is 26.1 Å². The zero-order chi connectivity index (χ0) is 15.5. The van der Waals surface area contributed by atoms with E-state index in [1.807, 2.05) is 6.92 Å². The van der Waals surface area contributed by atoms with Gasteiger partial charge in [-0.05, 0) is 59.7 Å². The maximum Gasteiger partial charge on any atom is 0.325 e. The lowest BCUT2D eigenvalue weighted by atomic mass is 9.96. The molecule has 0 amide bonds. The van der Waals surface area contributed by atoms with Crippen molar-refractivity contribution < 1.29 is 9.53 Å². The minimum atomic E-state index is -0.541. The first-order chi connectivity index (χ1) is 9.94. The van der Waals surface area contributed by atoms with Gasteiger partial charge in [-0.1, -0.05) is 0 Å². The fraction of sp³-hybridized carbons (Fsp3) is 0.938. The molecule has 2 fully saturated rings. The van der Waals surface area contributed by atoms with Crippen LogP contribution in [0.1, 0.15) is 39.0 Å². The van der Waals surface area contributed by atoms with Crippen molar-refractivity contribution >= 4 is 5.97 Å². The number of nitrogens with one attached hydrogen (secondary N) is 1. The van der Waals surface area contributed by atoms with Crippen LogP contribution in [0.5, 0.6) is 0 Å². The molecule has 0 aromatic carbocycles. The third-order valence-electron chi connectivity index (χ3n) is 4.87. The number of likely N-dealkylation sites (N-methyl/N-ethyl adjacent to an activating group) is 1. The molecular formula is C16H31N3O2. The highest BCUT2D eigenvalue weighted by molar-refractivity contribution is 5.80. The third-order valence-corrected chi connectivity index (χ3v) is 4.87. The molecule has 1 saturated heterocycles. The molecule has 21 heavy (non-hydrogen) atoms. The number of nitrogens with zero attached hydrogens (tertiary/aromatic N) is 2. The number of carbonyl (C=O) groups excluding carboxylic acids is 1.